The Kier molecular flexibility index (Phi) is 6.45. The van der Waals surface area contributed by atoms with Gasteiger partial charge < -0.3 is 20.5 Å². The molecule has 3 N–H and O–H groups in total. The second kappa shape index (κ2) is 9.70. The van der Waals surface area contributed by atoms with Gasteiger partial charge in [0.25, 0.3) is 0 Å². The summed E-state index contributed by atoms with van der Waals surface area (Å²) in [7, 11) is 1.53. The van der Waals surface area contributed by atoms with Gasteiger partial charge in [-0.05, 0) is 60.8 Å². The Morgan fingerprint density at radius 3 is 2.69 bits per heavy atom. The Morgan fingerprint density at radius 2 is 1.97 bits per heavy atom. The van der Waals surface area contributed by atoms with Crippen molar-refractivity contribution in [3.05, 3.63) is 83.2 Å². The number of anilines is 1. The van der Waals surface area contributed by atoms with Crippen molar-refractivity contribution in [2.45, 2.75) is 39.2 Å². The van der Waals surface area contributed by atoms with Crippen LogP contribution in [0.4, 0.5) is 5.95 Å². The highest BCUT2D eigenvalue weighted by Gasteiger charge is 2.46. The van der Waals surface area contributed by atoms with E-state index in [1.165, 1.54) is 18.2 Å². The van der Waals surface area contributed by atoms with Gasteiger partial charge in [0.15, 0.2) is 11.3 Å². The number of fused-ring (bicyclic) bond motifs is 2. The van der Waals surface area contributed by atoms with Crippen molar-refractivity contribution in [2.24, 2.45) is 16.3 Å². The van der Waals surface area contributed by atoms with Crippen molar-refractivity contribution in [1.82, 2.24) is 19.9 Å². The maximum Gasteiger partial charge on any atom is 0.206 e. The Balaban J connectivity index is 0.000000205. The largest absolute Gasteiger partial charge is 0.399 e. The van der Waals surface area contributed by atoms with Crippen molar-refractivity contribution in [1.29, 1.82) is 0 Å². The molecule has 3 aliphatic rings. The van der Waals surface area contributed by atoms with Gasteiger partial charge in [0.1, 0.15) is 12.8 Å². The van der Waals surface area contributed by atoms with E-state index in [2.05, 4.69) is 65.7 Å². The molecule has 8 nitrogen and oxygen atoms in total. The molecule has 3 heterocycles. The molecule has 0 saturated carbocycles. The number of rotatable bonds is 2. The summed E-state index contributed by atoms with van der Waals surface area (Å²) < 4.78 is 0. The van der Waals surface area contributed by atoms with E-state index in [4.69, 9.17) is 5.73 Å². The zero-order chi connectivity index (χ0) is 25.3. The average molecular weight is 484 g/mol. The number of H-pyrrole nitrogens is 1. The SMILES string of the molecule is C=C1C=CC=C(C)/C1=N/OC.Cc1cnc2nc(N3CCC4(CC3)Cc3ccccc3C4N)[nH]c2n1. The lowest BCUT2D eigenvalue weighted by atomic mass is 9.73. The number of aryl methyl sites for hydroxylation is 1. The second-order valence-corrected chi connectivity index (χ2v) is 9.80. The van der Waals surface area contributed by atoms with Crippen LogP contribution in [0.2, 0.25) is 0 Å². The van der Waals surface area contributed by atoms with Gasteiger partial charge in [-0.1, -0.05) is 54.2 Å². The summed E-state index contributed by atoms with van der Waals surface area (Å²) in [6.45, 7) is 9.66. The molecule has 1 fully saturated rings. The molecule has 1 atom stereocenters. The number of hydrogen-bond donors (Lipinski definition) is 2. The standard InChI is InChI=1S/C19H22N6.C9H11NO/c1-12-11-21-16-17(22-12)24-18(23-16)25-8-6-19(7-9-25)10-13-4-2-3-5-14(13)15(19)20;1-7-5-4-6-8(2)9(7)10-11-3/h2-5,11,15H,6-10,20H2,1H3,(H,21,22,23,24);4-6H,1H2,2-3H3/b;10-9+. The third-order valence-electron chi connectivity index (χ3n) is 7.47. The molecule has 6 rings (SSSR count). The van der Waals surface area contributed by atoms with Gasteiger partial charge in [0, 0.05) is 19.1 Å². The molecule has 0 bridgehead atoms. The fourth-order valence-electron chi connectivity index (χ4n) is 5.43. The van der Waals surface area contributed by atoms with Crippen LogP contribution >= 0.6 is 0 Å². The third-order valence-corrected chi connectivity index (χ3v) is 7.47. The minimum atomic E-state index is 0.146. The quantitative estimate of drug-likeness (QED) is 0.518. The van der Waals surface area contributed by atoms with Crippen LogP contribution in [-0.2, 0) is 11.3 Å². The van der Waals surface area contributed by atoms with Crippen LogP contribution in [0.1, 0.15) is 42.6 Å². The van der Waals surface area contributed by atoms with Gasteiger partial charge in [-0.25, -0.2) is 9.97 Å². The maximum absolute atomic E-state index is 6.66. The number of oxime groups is 1. The number of nitrogens with one attached hydrogen (secondary N) is 1. The summed E-state index contributed by atoms with van der Waals surface area (Å²) in [6, 6.07) is 8.79. The van der Waals surface area contributed by atoms with Crippen LogP contribution in [0, 0.1) is 12.3 Å². The number of allylic oxidation sites excluding steroid dienone is 5. The number of imidazole rings is 1. The molecule has 1 spiro atoms. The van der Waals surface area contributed by atoms with Crippen LogP contribution in [-0.4, -0.2) is 45.8 Å². The van der Waals surface area contributed by atoms with Gasteiger partial charge in [-0.2, -0.15) is 4.98 Å². The van der Waals surface area contributed by atoms with Crippen molar-refractivity contribution < 1.29 is 4.84 Å². The summed E-state index contributed by atoms with van der Waals surface area (Å²) >= 11 is 0. The number of nitrogens with two attached hydrogens (primary N) is 1. The van der Waals surface area contributed by atoms with Gasteiger partial charge in [0.2, 0.25) is 5.95 Å². The Morgan fingerprint density at radius 1 is 1.19 bits per heavy atom. The summed E-state index contributed by atoms with van der Waals surface area (Å²) in [6.07, 6.45) is 10.9. The summed E-state index contributed by atoms with van der Waals surface area (Å²) in [5, 5.41) is 3.84. The predicted molar refractivity (Wildman–Crippen MR) is 144 cm³/mol. The Bertz CT molecular complexity index is 1380. The molecule has 0 radical (unpaired) electrons. The van der Waals surface area contributed by atoms with Crippen molar-refractivity contribution in [3.63, 3.8) is 0 Å². The lowest BCUT2D eigenvalue weighted by molar-refractivity contribution is 0.187. The smallest absolute Gasteiger partial charge is 0.206 e. The first-order valence-electron chi connectivity index (χ1n) is 12.3. The number of nitrogens with zero attached hydrogens (tertiary/aromatic N) is 5. The lowest BCUT2D eigenvalue weighted by Crippen LogP contribution is -2.44. The third kappa shape index (κ3) is 4.44. The van der Waals surface area contributed by atoms with Crippen LogP contribution in [0.25, 0.3) is 11.3 Å². The van der Waals surface area contributed by atoms with Crippen LogP contribution in [0.15, 0.2) is 71.6 Å². The van der Waals surface area contributed by atoms with E-state index >= 15 is 0 Å². The van der Waals surface area contributed by atoms with E-state index in [9.17, 15) is 0 Å². The normalized spacial score (nSPS) is 21.4. The second-order valence-electron chi connectivity index (χ2n) is 9.80. The van der Waals surface area contributed by atoms with Crippen molar-refractivity contribution in [3.8, 4) is 0 Å². The molecule has 186 valence electrons. The highest BCUT2D eigenvalue weighted by atomic mass is 16.6. The van der Waals surface area contributed by atoms with Gasteiger partial charge >= 0.3 is 0 Å². The molecular weight excluding hydrogens is 450 g/mol. The van der Waals surface area contributed by atoms with Crippen LogP contribution in [0.3, 0.4) is 0 Å². The highest BCUT2D eigenvalue weighted by Crippen LogP contribution is 2.50. The molecule has 3 aromatic rings. The predicted octanol–water partition coefficient (Wildman–Crippen LogP) is 4.57. The summed E-state index contributed by atoms with van der Waals surface area (Å²) in [5.74, 6) is 0.875. The number of piperidine rings is 1. The monoisotopic (exact) mass is 483 g/mol. The van der Waals surface area contributed by atoms with E-state index in [1.54, 1.807) is 6.20 Å². The minimum Gasteiger partial charge on any atom is -0.399 e. The van der Waals surface area contributed by atoms with E-state index in [-0.39, 0.29) is 11.5 Å². The molecule has 8 heteroatoms. The Hall–Kier alpha value is -3.78. The Labute approximate surface area is 211 Å². The molecule has 1 aliphatic heterocycles. The van der Waals surface area contributed by atoms with Crippen molar-refractivity contribution >= 4 is 23.0 Å². The van der Waals surface area contributed by atoms with Gasteiger partial charge in [-0.3, -0.25) is 0 Å². The first kappa shape index (κ1) is 23.9. The first-order valence-corrected chi connectivity index (χ1v) is 12.3. The van der Waals surface area contributed by atoms with Crippen molar-refractivity contribution in [2.75, 3.05) is 25.1 Å². The molecule has 0 amide bonds. The van der Waals surface area contributed by atoms with Crippen LogP contribution < -0.4 is 10.6 Å². The number of aromatic nitrogens is 4. The van der Waals surface area contributed by atoms with Gasteiger partial charge in [-0.15, -0.1) is 0 Å². The fourth-order valence-corrected chi connectivity index (χ4v) is 5.43. The molecule has 2 aromatic heterocycles. The average Bonchev–Trinajstić information content (AvgIpc) is 3.41. The minimum absolute atomic E-state index is 0.146. The van der Waals surface area contributed by atoms with E-state index in [0.29, 0.717) is 5.65 Å². The maximum atomic E-state index is 6.66. The first-order chi connectivity index (χ1) is 17.4. The van der Waals surface area contributed by atoms with E-state index < -0.39 is 0 Å². The van der Waals surface area contributed by atoms with Gasteiger partial charge in [0.05, 0.1) is 11.9 Å². The molecule has 1 aromatic carbocycles. The fraction of sp³-hybridized carbons (Fsp3) is 0.357. The van der Waals surface area contributed by atoms with E-state index in [1.807, 2.05) is 32.1 Å². The molecule has 2 aliphatic carbocycles. The lowest BCUT2D eigenvalue weighted by Gasteiger charge is -2.42. The molecular formula is C28H33N7O. The molecule has 1 unspecified atom stereocenters. The summed E-state index contributed by atoms with van der Waals surface area (Å²) in [5.41, 5.74) is 14.8. The number of aromatic amines is 1. The zero-order valence-electron chi connectivity index (χ0n) is 21.2. The van der Waals surface area contributed by atoms with E-state index in [0.717, 1.165) is 66.5 Å². The van der Waals surface area contributed by atoms with Crippen LogP contribution in [0.5, 0.6) is 0 Å². The highest BCUT2D eigenvalue weighted by molar-refractivity contribution is 6.14. The number of hydrogen-bond acceptors (Lipinski definition) is 7. The molecule has 36 heavy (non-hydrogen) atoms. The zero-order valence-corrected chi connectivity index (χ0v) is 21.2. The number of benzene rings is 1. The topological polar surface area (TPSA) is 105 Å². The molecule has 1 saturated heterocycles. The summed E-state index contributed by atoms with van der Waals surface area (Å²) in [4.78, 5) is 23.7.